The molecule has 7 heteroatoms. The van der Waals surface area contributed by atoms with Crippen LogP contribution < -0.4 is 10.9 Å². The third-order valence-electron chi connectivity index (χ3n) is 8.07. The summed E-state index contributed by atoms with van der Waals surface area (Å²) in [6.45, 7) is 3.48. The van der Waals surface area contributed by atoms with Crippen molar-refractivity contribution < 1.29 is 4.79 Å². The smallest absolute Gasteiger partial charge is 0.274 e. The number of anilines is 1. The third-order valence-corrected chi connectivity index (χ3v) is 8.32. The number of amides is 1. The van der Waals surface area contributed by atoms with Crippen LogP contribution in [0.15, 0.2) is 108 Å². The summed E-state index contributed by atoms with van der Waals surface area (Å²) in [7, 11) is 0. The number of carbonyl (C=O) groups excluding carboxylic acids is 1. The van der Waals surface area contributed by atoms with E-state index in [2.05, 4.69) is 22.3 Å². The van der Waals surface area contributed by atoms with E-state index >= 15 is 0 Å². The van der Waals surface area contributed by atoms with Gasteiger partial charge in [-0.25, -0.2) is 4.68 Å². The van der Waals surface area contributed by atoms with Crippen molar-refractivity contribution in [1.29, 1.82) is 0 Å². The number of fused-ring (bicyclic) bond motifs is 1. The molecule has 0 saturated carbocycles. The Bertz CT molecular complexity index is 1740. The molecule has 1 N–H and O–H groups in total. The molecule has 0 radical (unpaired) electrons. The zero-order valence-corrected chi connectivity index (χ0v) is 24.1. The SMILES string of the molecule is O=C(Nc1cccc(C2CCN(CCCn3nc(-c4ccc(Cl)cc4)c4ccccc4c3=O)CC2)c1)c1ccccc1. The zero-order chi connectivity index (χ0) is 28.9. The van der Waals surface area contributed by atoms with Gasteiger partial charge in [-0.05, 0) is 92.8 Å². The Morgan fingerprint density at radius 2 is 1.55 bits per heavy atom. The number of hydrogen-bond donors (Lipinski definition) is 1. The summed E-state index contributed by atoms with van der Waals surface area (Å²) in [6, 6.07) is 32.8. The molecular weight excluding hydrogens is 544 g/mol. The van der Waals surface area contributed by atoms with Crippen LogP contribution in [0.1, 0.15) is 41.1 Å². The van der Waals surface area contributed by atoms with E-state index < -0.39 is 0 Å². The van der Waals surface area contributed by atoms with Gasteiger partial charge in [-0.3, -0.25) is 9.59 Å². The van der Waals surface area contributed by atoms with Crippen molar-refractivity contribution in [3.63, 3.8) is 0 Å². The normalized spacial score (nSPS) is 14.2. The van der Waals surface area contributed by atoms with Crippen LogP contribution in [0.5, 0.6) is 0 Å². The Balaban J connectivity index is 1.06. The van der Waals surface area contributed by atoms with Crippen LogP contribution in [0.3, 0.4) is 0 Å². The van der Waals surface area contributed by atoms with Crippen LogP contribution in [-0.4, -0.2) is 40.2 Å². The van der Waals surface area contributed by atoms with Crippen LogP contribution >= 0.6 is 11.6 Å². The summed E-state index contributed by atoms with van der Waals surface area (Å²) in [5, 5.41) is 10.0. The quantitative estimate of drug-likeness (QED) is 0.211. The molecule has 0 unspecified atom stereocenters. The molecule has 1 aliphatic rings. The first-order valence-corrected chi connectivity index (χ1v) is 14.9. The highest BCUT2D eigenvalue weighted by Gasteiger charge is 2.21. The number of hydrogen-bond acceptors (Lipinski definition) is 4. The molecule has 1 saturated heterocycles. The first-order chi connectivity index (χ1) is 20.5. The summed E-state index contributed by atoms with van der Waals surface area (Å²) in [4.78, 5) is 28.3. The monoisotopic (exact) mass is 576 g/mol. The van der Waals surface area contributed by atoms with Crippen molar-refractivity contribution in [1.82, 2.24) is 14.7 Å². The summed E-state index contributed by atoms with van der Waals surface area (Å²) < 4.78 is 1.62. The van der Waals surface area contributed by atoms with E-state index in [0.717, 1.165) is 61.2 Å². The second kappa shape index (κ2) is 12.7. The van der Waals surface area contributed by atoms with E-state index in [4.69, 9.17) is 16.7 Å². The van der Waals surface area contributed by atoms with Crippen molar-refractivity contribution in [2.24, 2.45) is 0 Å². The number of nitrogens with one attached hydrogen (secondary N) is 1. The lowest BCUT2D eigenvalue weighted by molar-refractivity contribution is 0.102. The number of aromatic nitrogens is 2. The van der Waals surface area contributed by atoms with E-state index in [1.807, 2.05) is 91.0 Å². The van der Waals surface area contributed by atoms with Crippen LogP contribution in [0.4, 0.5) is 5.69 Å². The van der Waals surface area contributed by atoms with Gasteiger partial charge < -0.3 is 10.2 Å². The average Bonchev–Trinajstić information content (AvgIpc) is 3.03. The van der Waals surface area contributed by atoms with Gasteiger partial charge in [0.15, 0.2) is 0 Å². The first kappa shape index (κ1) is 27.9. The highest BCUT2D eigenvalue weighted by atomic mass is 35.5. The van der Waals surface area contributed by atoms with Gasteiger partial charge in [-0.1, -0.05) is 72.3 Å². The van der Waals surface area contributed by atoms with Crippen molar-refractivity contribution in [3.8, 4) is 11.3 Å². The molecule has 2 heterocycles. The Hall–Kier alpha value is -4.26. The van der Waals surface area contributed by atoms with Crippen molar-refractivity contribution >= 4 is 34.0 Å². The molecule has 1 amide bonds. The van der Waals surface area contributed by atoms with Gasteiger partial charge in [-0.15, -0.1) is 0 Å². The molecule has 4 aromatic carbocycles. The van der Waals surface area contributed by atoms with Gasteiger partial charge >= 0.3 is 0 Å². The Morgan fingerprint density at radius 3 is 2.31 bits per heavy atom. The minimum absolute atomic E-state index is 0.0544. The van der Waals surface area contributed by atoms with Gasteiger partial charge in [-0.2, -0.15) is 5.10 Å². The van der Waals surface area contributed by atoms with Gasteiger partial charge in [0.1, 0.15) is 0 Å². The molecule has 0 atom stereocenters. The predicted octanol–water partition coefficient (Wildman–Crippen LogP) is 7.24. The molecule has 6 rings (SSSR count). The van der Waals surface area contributed by atoms with E-state index in [1.54, 1.807) is 4.68 Å². The maximum absolute atomic E-state index is 13.3. The van der Waals surface area contributed by atoms with Crippen molar-refractivity contribution in [3.05, 3.63) is 130 Å². The fourth-order valence-corrected chi connectivity index (χ4v) is 5.93. The molecule has 42 heavy (non-hydrogen) atoms. The highest BCUT2D eigenvalue weighted by molar-refractivity contribution is 6.30. The predicted molar refractivity (Wildman–Crippen MR) is 170 cm³/mol. The molecule has 0 bridgehead atoms. The third kappa shape index (κ3) is 6.30. The maximum Gasteiger partial charge on any atom is 0.274 e. The molecule has 1 aliphatic heterocycles. The minimum Gasteiger partial charge on any atom is -0.322 e. The summed E-state index contributed by atoms with van der Waals surface area (Å²) >= 11 is 6.11. The molecule has 212 valence electrons. The lowest BCUT2D eigenvalue weighted by Gasteiger charge is -2.32. The van der Waals surface area contributed by atoms with Gasteiger partial charge in [0.2, 0.25) is 0 Å². The standard InChI is InChI=1S/C35H33ClN4O2/c36-29-16-14-26(15-17-29)33-31-12-4-5-13-32(31)35(42)40(38-33)21-7-20-39-22-18-25(19-23-39)28-10-6-11-30(24-28)37-34(41)27-8-2-1-3-9-27/h1-6,8-17,24-25H,7,18-23H2,(H,37,41). The summed E-state index contributed by atoms with van der Waals surface area (Å²) in [6.07, 6.45) is 2.97. The number of carbonyl (C=O) groups is 1. The summed E-state index contributed by atoms with van der Waals surface area (Å²) in [5.41, 5.74) is 4.43. The molecular formula is C35H33ClN4O2. The Labute approximate surface area is 250 Å². The second-order valence-electron chi connectivity index (χ2n) is 10.8. The van der Waals surface area contributed by atoms with Crippen LogP contribution in [-0.2, 0) is 6.54 Å². The minimum atomic E-state index is -0.0946. The fraction of sp³-hybridized carbons (Fsp3) is 0.229. The van der Waals surface area contributed by atoms with Crippen LogP contribution in [0, 0.1) is 0 Å². The molecule has 0 spiro atoms. The van der Waals surface area contributed by atoms with E-state index in [1.165, 1.54) is 5.56 Å². The molecule has 5 aromatic rings. The fourth-order valence-electron chi connectivity index (χ4n) is 5.80. The number of rotatable bonds is 8. The average molecular weight is 577 g/mol. The van der Waals surface area contributed by atoms with Gasteiger partial charge in [0.25, 0.3) is 11.5 Å². The number of aryl methyl sites for hydroxylation is 1. The summed E-state index contributed by atoms with van der Waals surface area (Å²) in [5.74, 6) is 0.365. The highest BCUT2D eigenvalue weighted by Crippen LogP contribution is 2.30. The maximum atomic E-state index is 13.3. The number of nitrogens with zero attached hydrogens (tertiary/aromatic N) is 3. The lowest BCUT2D eigenvalue weighted by Crippen LogP contribution is -2.34. The van der Waals surface area contributed by atoms with Gasteiger partial charge in [0.05, 0.1) is 11.1 Å². The topological polar surface area (TPSA) is 67.2 Å². The van der Waals surface area contributed by atoms with Crippen molar-refractivity contribution in [2.45, 2.75) is 31.7 Å². The zero-order valence-electron chi connectivity index (χ0n) is 23.4. The Morgan fingerprint density at radius 1 is 0.833 bits per heavy atom. The largest absolute Gasteiger partial charge is 0.322 e. The molecule has 0 aliphatic carbocycles. The van der Waals surface area contributed by atoms with Crippen LogP contribution in [0.2, 0.25) is 5.02 Å². The van der Waals surface area contributed by atoms with Crippen LogP contribution in [0.25, 0.3) is 22.0 Å². The first-order valence-electron chi connectivity index (χ1n) is 14.5. The molecule has 1 fully saturated rings. The number of piperidine rings is 1. The van der Waals surface area contributed by atoms with E-state index in [0.29, 0.717) is 28.4 Å². The number of likely N-dealkylation sites (tertiary alicyclic amines) is 1. The number of halogens is 1. The lowest BCUT2D eigenvalue weighted by atomic mass is 9.89. The number of benzene rings is 4. The molecule has 1 aromatic heterocycles. The van der Waals surface area contributed by atoms with E-state index in [9.17, 15) is 9.59 Å². The van der Waals surface area contributed by atoms with Gasteiger partial charge in [0, 0.05) is 33.8 Å². The molecule has 6 nitrogen and oxygen atoms in total. The Kier molecular flexibility index (Phi) is 8.45. The second-order valence-corrected chi connectivity index (χ2v) is 11.3. The van der Waals surface area contributed by atoms with Crippen molar-refractivity contribution in [2.75, 3.05) is 25.0 Å². The van der Waals surface area contributed by atoms with E-state index in [-0.39, 0.29) is 11.5 Å².